The highest BCUT2D eigenvalue weighted by atomic mass is 16.2. The number of hydrogen-bond donors (Lipinski definition) is 2. The predicted molar refractivity (Wildman–Crippen MR) is 86.4 cm³/mol. The van der Waals surface area contributed by atoms with Crippen molar-refractivity contribution in [2.75, 3.05) is 6.54 Å². The second-order valence-electron chi connectivity index (χ2n) is 6.86. The number of amides is 3. The van der Waals surface area contributed by atoms with Crippen LogP contribution in [0.3, 0.4) is 0 Å². The summed E-state index contributed by atoms with van der Waals surface area (Å²) in [6, 6.07) is 6.76. The normalized spacial score (nSPS) is 18.1. The SMILES string of the molecule is CC(C)(C)N1CC(C(=O)NCc2ccc(C(N)=O)cc2)CC1=O. The van der Waals surface area contributed by atoms with Crippen LogP contribution in [0, 0.1) is 5.92 Å². The van der Waals surface area contributed by atoms with E-state index in [1.54, 1.807) is 29.2 Å². The Kier molecular flexibility index (Phi) is 4.73. The summed E-state index contributed by atoms with van der Waals surface area (Å²) in [5.74, 6) is -0.897. The summed E-state index contributed by atoms with van der Waals surface area (Å²) in [5, 5.41) is 2.85. The zero-order chi connectivity index (χ0) is 17.2. The van der Waals surface area contributed by atoms with E-state index >= 15 is 0 Å². The maximum Gasteiger partial charge on any atom is 0.248 e. The van der Waals surface area contributed by atoms with Gasteiger partial charge in [0.2, 0.25) is 17.7 Å². The number of carbonyl (C=O) groups is 3. The van der Waals surface area contributed by atoms with Gasteiger partial charge in [-0.25, -0.2) is 0 Å². The van der Waals surface area contributed by atoms with Gasteiger partial charge in [-0.05, 0) is 38.5 Å². The summed E-state index contributed by atoms with van der Waals surface area (Å²) in [6.45, 7) is 6.70. The molecule has 1 heterocycles. The van der Waals surface area contributed by atoms with E-state index in [-0.39, 0.29) is 29.7 Å². The fourth-order valence-corrected chi connectivity index (χ4v) is 2.65. The molecule has 3 N–H and O–H groups in total. The minimum atomic E-state index is -0.479. The third-order valence-electron chi connectivity index (χ3n) is 4.01. The van der Waals surface area contributed by atoms with E-state index in [4.69, 9.17) is 5.73 Å². The average molecular weight is 317 g/mol. The molecule has 0 aliphatic carbocycles. The molecule has 0 aromatic heterocycles. The summed E-state index contributed by atoms with van der Waals surface area (Å²) < 4.78 is 0. The molecular formula is C17H23N3O3. The molecule has 1 saturated heterocycles. The monoisotopic (exact) mass is 317 g/mol. The predicted octanol–water partition coefficient (Wildman–Crippen LogP) is 1.05. The van der Waals surface area contributed by atoms with Crippen molar-refractivity contribution in [1.29, 1.82) is 0 Å². The lowest BCUT2D eigenvalue weighted by molar-refractivity contribution is -0.132. The van der Waals surface area contributed by atoms with Gasteiger partial charge in [0.15, 0.2) is 0 Å². The van der Waals surface area contributed by atoms with E-state index in [2.05, 4.69) is 5.32 Å². The number of primary amides is 1. The van der Waals surface area contributed by atoms with Gasteiger partial charge in [-0.1, -0.05) is 12.1 Å². The van der Waals surface area contributed by atoms with Gasteiger partial charge in [0.05, 0.1) is 5.92 Å². The topological polar surface area (TPSA) is 92.5 Å². The summed E-state index contributed by atoms with van der Waals surface area (Å²) >= 11 is 0. The molecule has 0 radical (unpaired) electrons. The molecule has 1 aromatic carbocycles. The maximum absolute atomic E-state index is 12.2. The Morgan fingerprint density at radius 3 is 2.35 bits per heavy atom. The Morgan fingerprint density at radius 1 is 1.26 bits per heavy atom. The first kappa shape index (κ1) is 17.0. The third kappa shape index (κ3) is 4.09. The number of nitrogens with two attached hydrogens (primary N) is 1. The van der Waals surface area contributed by atoms with Gasteiger partial charge in [0, 0.05) is 30.6 Å². The molecule has 3 amide bonds. The van der Waals surface area contributed by atoms with Gasteiger partial charge < -0.3 is 16.0 Å². The van der Waals surface area contributed by atoms with Crippen molar-refractivity contribution in [1.82, 2.24) is 10.2 Å². The first-order chi connectivity index (χ1) is 10.7. The molecule has 0 bridgehead atoms. The van der Waals surface area contributed by atoms with Crippen molar-refractivity contribution in [2.45, 2.75) is 39.3 Å². The van der Waals surface area contributed by atoms with Crippen molar-refractivity contribution < 1.29 is 14.4 Å². The number of nitrogens with one attached hydrogen (secondary N) is 1. The highest BCUT2D eigenvalue weighted by Gasteiger charge is 2.39. The van der Waals surface area contributed by atoms with Gasteiger partial charge in [0.1, 0.15) is 0 Å². The van der Waals surface area contributed by atoms with Crippen molar-refractivity contribution >= 4 is 17.7 Å². The van der Waals surface area contributed by atoms with Crippen molar-refractivity contribution in [3.63, 3.8) is 0 Å². The number of carbonyl (C=O) groups excluding carboxylic acids is 3. The highest BCUT2D eigenvalue weighted by molar-refractivity contribution is 5.92. The summed E-state index contributed by atoms with van der Waals surface area (Å²) in [6.07, 6.45) is 0.254. The Hall–Kier alpha value is -2.37. The molecule has 1 fully saturated rings. The van der Waals surface area contributed by atoms with Crippen LogP contribution in [-0.2, 0) is 16.1 Å². The number of likely N-dealkylation sites (tertiary alicyclic amines) is 1. The van der Waals surface area contributed by atoms with E-state index < -0.39 is 5.91 Å². The summed E-state index contributed by atoms with van der Waals surface area (Å²) in [7, 11) is 0. The van der Waals surface area contributed by atoms with E-state index in [1.807, 2.05) is 20.8 Å². The molecule has 0 saturated carbocycles. The average Bonchev–Trinajstić information content (AvgIpc) is 2.87. The number of rotatable bonds is 4. The number of nitrogens with zero attached hydrogens (tertiary/aromatic N) is 1. The fraction of sp³-hybridized carbons (Fsp3) is 0.471. The fourth-order valence-electron chi connectivity index (χ4n) is 2.65. The first-order valence-corrected chi connectivity index (χ1v) is 7.65. The van der Waals surface area contributed by atoms with Crippen LogP contribution < -0.4 is 11.1 Å². The van der Waals surface area contributed by atoms with Crippen LogP contribution in [0.4, 0.5) is 0 Å². The molecule has 1 aliphatic heterocycles. The highest BCUT2D eigenvalue weighted by Crippen LogP contribution is 2.25. The Bertz CT molecular complexity index is 617. The van der Waals surface area contributed by atoms with Gasteiger partial charge in [-0.15, -0.1) is 0 Å². The van der Waals surface area contributed by atoms with Crippen LogP contribution >= 0.6 is 0 Å². The van der Waals surface area contributed by atoms with Gasteiger partial charge >= 0.3 is 0 Å². The Balaban J connectivity index is 1.90. The number of hydrogen-bond acceptors (Lipinski definition) is 3. The molecule has 1 aromatic rings. The van der Waals surface area contributed by atoms with E-state index in [9.17, 15) is 14.4 Å². The number of benzene rings is 1. The van der Waals surface area contributed by atoms with Gasteiger partial charge in [-0.3, -0.25) is 14.4 Å². The lowest BCUT2D eigenvalue weighted by atomic mass is 10.1. The Labute approximate surface area is 136 Å². The van der Waals surface area contributed by atoms with Crippen LogP contribution in [0.5, 0.6) is 0 Å². The lowest BCUT2D eigenvalue weighted by Crippen LogP contribution is -2.43. The second kappa shape index (κ2) is 6.40. The molecule has 1 aliphatic rings. The van der Waals surface area contributed by atoms with E-state index in [0.29, 0.717) is 18.7 Å². The molecular weight excluding hydrogens is 294 g/mol. The zero-order valence-electron chi connectivity index (χ0n) is 13.8. The molecule has 0 spiro atoms. The molecule has 1 unspecified atom stereocenters. The minimum absolute atomic E-state index is 0.0171. The van der Waals surface area contributed by atoms with Crippen molar-refractivity contribution in [3.8, 4) is 0 Å². The van der Waals surface area contributed by atoms with Crippen LogP contribution in [0.15, 0.2) is 24.3 Å². The molecule has 124 valence electrons. The summed E-state index contributed by atoms with van der Waals surface area (Å²) in [5.41, 5.74) is 6.23. The zero-order valence-corrected chi connectivity index (χ0v) is 13.8. The quantitative estimate of drug-likeness (QED) is 0.869. The Morgan fingerprint density at radius 2 is 1.87 bits per heavy atom. The molecule has 6 heteroatoms. The third-order valence-corrected chi connectivity index (χ3v) is 4.01. The summed E-state index contributed by atoms with van der Waals surface area (Å²) in [4.78, 5) is 37.0. The standard InChI is InChI=1S/C17H23N3O3/c1-17(2,3)20-10-13(8-14(20)21)16(23)19-9-11-4-6-12(7-5-11)15(18)22/h4-7,13H,8-10H2,1-3H3,(H2,18,22)(H,19,23). The van der Waals surface area contributed by atoms with Crippen LogP contribution in [-0.4, -0.2) is 34.7 Å². The van der Waals surface area contributed by atoms with Crippen molar-refractivity contribution in [2.24, 2.45) is 11.7 Å². The first-order valence-electron chi connectivity index (χ1n) is 7.65. The van der Waals surface area contributed by atoms with Crippen LogP contribution in [0.1, 0.15) is 43.1 Å². The van der Waals surface area contributed by atoms with Crippen LogP contribution in [0.2, 0.25) is 0 Å². The van der Waals surface area contributed by atoms with Crippen molar-refractivity contribution in [3.05, 3.63) is 35.4 Å². The van der Waals surface area contributed by atoms with Gasteiger partial charge in [-0.2, -0.15) is 0 Å². The largest absolute Gasteiger partial charge is 0.366 e. The molecule has 6 nitrogen and oxygen atoms in total. The molecule has 2 rings (SSSR count). The van der Waals surface area contributed by atoms with E-state index in [1.165, 1.54) is 0 Å². The molecule has 1 atom stereocenters. The second-order valence-corrected chi connectivity index (χ2v) is 6.86. The van der Waals surface area contributed by atoms with Crippen LogP contribution in [0.25, 0.3) is 0 Å². The van der Waals surface area contributed by atoms with Gasteiger partial charge in [0.25, 0.3) is 0 Å². The maximum atomic E-state index is 12.2. The smallest absolute Gasteiger partial charge is 0.248 e. The minimum Gasteiger partial charge on any atom is -0.366 e. The lowest BCUT2D eigenvalue weighted by Gasteiger charge is -2.31. The van der Waals surface area contributed by atoms with E-state index in [0.717, 1.165) is 5.56 Å². The molecule has 23 heavy (non-hydrogen) atoms.